The fraction of sp³-hybridized carbons (Fsp3) is 0.647. The minimum atomic E-state index is -3.26. The molecule has 0 saturated carbocycles. The van der Waals surface area contributed by atoms with Crippen LogP contribution in [0, 0.1) is 0 Å². The summed E-state index contributed by atoms with van der Waals surface area (Å²) in [4.78, 5) is 2.31. The van der Waals surface area contributed by atoms with E-state index in [4.69, 9.17) is 0 Å². The van der Waals surface area contributed by atoms with Gasteiger partial charge in [0.25, 0.3) is 0 Å². The molecule has 5 nitrogen and oxygen atoms in total. The minimum absolute atomic E-state index is 0.0607. The maximum absolute atomic E-state index is 12.0. The highest BCUT2D eigenvalue weighted by atomic mass is 32.2. The molecule has 0 bridgehead atoms. The summed E-state index contributed by atoms with van der Waals surface area (Å²) in [6, 6.07) is 5.62. The number of benzene rings is 1. The standard InChI is InChI=1S/C17H26N2O3S/c1-13-10-15-11-14(6-7-16(15)19(13)23(2,21)22)17(20)12-18-8-4-3-5-9-18/h6-7,11,13,17,20H,3-5,8-10,12H2,1-2H3/t13-,17-/m0/s1. The van der Waals surface area contributed by atoms with Crippen LogP contribution in [0.4, 0.5) is 5.69 Å². The van der Waals surface area contributed by atoms with Gasteiger partial charge in [0.1, 0.15) is 0 Å². The number of aliphatic hydroxyl groups is 1. The summed E-state index contributed by atoms with van der Waals surface area (Å²) >= 11 is 0. The van der Waals surface area contributed by atoms with Gasteiger partial charge in [0.15, 0.2) is 0 Å². The van der Waals surface area contributed by atoms with Crippen LogP contribution in [0.3, 0.4) is 0 Å². The molecule has 0 spiro atoms. The number of sulfonamides is 1. The molecule has 0 radical (unpaired) electrons. The van der Waals surface area contributed by atoms with Gasteiger partial charge in [-0.3, -0.25) is 4.31 Å². The molecule has 1 saturated heterocycles. The third-order valence-electron chi connectivity index (χ3n) is 4.88. The first-order chi connectivity index (χ1) is 10.9. The monoisotopic (exact) mass is 338 g/mol. The second kappa shape index (κ2) is 6.42. The summed E-state index contributed by atoms with van der Waals surface area (Å²) in [6.45, 7) is 4.69. The van der Waals surface area contributed by atoms with Gasteiger partial charge in [0.05, 0.1) is 18.0 Å². The molecule has 0 aliphatic carbocycles. The number of likely N-dealkylation sites (tertiary alicyclic amines) is 1. The number of hydrogen-bond donors (Lipinski definition) is 1. The molecule has 2 aliphatic heterocycles. The van der Waals surface area contributed by atoms with Crippen LogP contribution in [0.5, 0.6) is 0 Å². The molecule has 1 N–H and O–H groups in total. The van der Waals surface area contributed by atoms with Crippen molar-refractivity contribution in [1.82, 2.24) is 4.90 Å². The highest BCUT2D eigenvalue weighted by molar-refractivity contribution is 7.92. The maximum atomic E-state index is 12.0. The molecule has 1 aromatic rings. The van der Waals surface area contributed by atoms with Crippen LogP contribution < -0.4 is 4.31 Å². The van der Waals surface area contributed by atoms with Crippen LogP contribution in [0.1, 0.15) is 43.4 Å². The Labute approximate surface area is 139 Å². The van der Waals surface area contributed by atoms with Crippen molar-refractivity contribution in [1.29, 1.82) is 0 Å². The van der Waals surface area contributed by atoms with E-state index in [1.165, 1.54) is 29.8 Å². The van der Waals surface area contributed by atoms with Crippen LogP contribution in [0.25, 0.3) is 0 Å². The zero-order valence-electron chi connectivity index (χ0n) is 13.9. The summed E-state index contributed by atoms with van der Waals surface area (Å²) in [5.74, 6) is 0. The fourth-order valence-corrected chi connectivity index (χ4v) is 5.09. The topological polar surface area (TPSA) is 60.9 Å². The smallest absolute Gasteiger partial charge is 0.232 e. The average molecular weight is 338 g/mol. The molecule has 128 valence electrons. The van der Waals surface area contributed by atoms with Crippen molar-refractivity contribution in [2.24, 2.45) is 0 Å². The van der Waals surface area contributed by atoms with Crippen molar-refractivity contribution in [3.8, 4) is 0 Å². The van der Waals surface area contributed by atoms with E-state index in [-0.39, 0.29) is 6.04 Å². The summed E-state index contributed by atoms with van der Waals surface area (Å²) in [5.41, 5.74) is 2.66. The highest BCUT2D eigenvalue weighted by Gasteiger charge is 2.32. The number of aliphatic hydroxyl groups excluding tert-OH is 1. The first-order valence-electron chi connectivity index (χ1n) is 8.39. The number of β-amino-alcohol motifs (C(OH)–C–C–N with tert-alkyl or cyclic N) is 1. The minimum Gasteiger partial charge on any atom is -0.387 e. The number of rotatable bonds is 4. The van der Waals surface area contributed by atoms with Gasteiger partial charge in [-0.25, -0.2) is 8.42 Å². The number of piperidine rings is 1. The Morgan fingerprint density at radius 2 is 1.96 bits per heavy atom. The Balaban J connectivity index is 1.78. The Kier molecular flexibility index (Phi) is 4.67. The number of nitrogens with zero attached hydrogens (tertiary/aromatic N) is 2. The van der Waals surface area contributed by atoms with Crippen molar-refractivity contribution < 1.29 is 13.5 Å². The van der Waals surface area contributed by atoms with E-state index in [2.05, 4.69) is 4.90 Å². The maximum Gasteiger partial charge on any atom is 0.232 e. The molecule has 3 rings (SSSR count). The van der Waals surface area contributed by atoms with Crippen LogP contribution in [-0.2, 0) is 16.4 Å². The predicted octanol–water partition coefficient (Wildman–Crippen LogP) is 1.92. The number of fused-ring (bicyclic) bond motifs is 1. The van der Waals surface area contributed by atoms with Crippen molar-refractivity contribution in [2.45, 2.75) is 44.8 Å². The molecule has 0 amide bonds. The lowest BCUT2D eigenvalue weighted by atomic mass is 10.0. The molecule has 2 atom stereocenters. The second-order valence-electron chi connectivity index (χ2n) is 6.88. The van der Waals surface area contributed by atoms with Gasteiger partial charge in [-0.15, -0.1) is 0 Å². The average Bonchev–Trinajstić information content (AvgIpc) is 2.82. The van der Waals surface area contributed by atoms with Crippen LogP contribution in [0.15, 0.2) is 18.2 Å². The van der Waals surface area contributed by atoms with Gasteiger partial charge in [-0.1, -0.05) is 18.6 Å². The second-order valence-corrected chi connectivity index (χ2v) is 8.74. The van der Waals surface area contributed by atoms with Gasteiger partial charge < -0.3 is 10.0 Å². The van der Waals surface area contributed by atoms with Gasteiger partial charge in [0, 0.05) is 12.6 Å². The van der Waals surface area contributed by atoms with Gasteiger partial charge >= 0.3 is 0 Å². The van der Waals surface area contributed by atoms with E-state index in [0.29, 0.717) is 13.0 Å². The van der Waals surface area contributed by atoms with Crippen LogP contribution in [-0.4, -0.2) is 50.4 Å². The third-order valence-corrected chi connectivity index (χ3v) is 6.15. The first kappa shape index (κ1) is 16.7. The van der Waals surface area contributed by atoms with Crippen LogP contribution >= 0.6 is 0 Å². The van der Waals surface area contributed by atoms with Crippen molar-refractivity contribution in [2.75, 3.05) is 30.2 Å². The zero-order chi connectivity index (χ0) is 16.6. The van der Waals surface area contributed by atoms with Crippen molar-refractivity contribution in [3.63, 3.8) is 0 Å². The SMILES string of the molecule is C[C@H]1Cc2cc([C@@H](O)CN3CCCCC3)ccc2N1S(C)(=O)=O. The van der Waals surface area contributed by atoms with E-state index in [9.17, 15) is 13.5 Å². The Hall–Kier alpha value is -1.11. The summed E-state index contributed by atoms with van der Waals surface area (Å²) in [6.07, 6.45) is 5.13. The van der Waals surface area contributed by atoms with Crippen LogP contribution in [0.2, 0.25) is 0 Å². The molecular formula is C17H26N2O3S. The molecule has 2 aliphatic rings. The lowest BCUT2D eigenvalue weighted by Crippen LogP contribution is -2.34. The summed E-state index contributed by atoms with van der Waals surface area (Å²) in [5, 5.41) is 10.5. The third kappa shape index (κ3) is 3.54. The van der Waals surface area contributed by atoms with Gasteiger partial charge in [0.2, 0.25) is 10.0 Å². The van der Waals surface area contributed by atoms with Gasteiger partial charge in [-0.2, -0.15) is 0 Å². The first-order valence-corrected chi connectivity index (χ1v) is 10.2. The highest BCUT2D eigenvalue weighted by Crippen LogP contribution is 2.35. The Morgan fingerprint density at radius 1 is 1.26 bits per heavy atom. The number of anilines is 1. The molecule has 6 heteroatoms. The van der Waals surface area contributed by atoms with E-state index in [1.807, 2.05) is 25.1 Å². The van der Waals surface area contributed by atoms with Crippen molar-refractivity contribution in [3.05, 3.63) is 29.3 Å². The molecule has 0 aromatic heterocycles. The lowest BCUT2D eigenvalue weighted by molar-refractivity contribution is 0.101. The molecule has 1 aromatic carbocycles. The lowest BCUT2D eigenvalue weighted by Gasteiger charge is -2.28. The van der Waals surface area contributed by atoms with Gasteiger partial charge in [-0.05, 0) is 56.5 Å². The predicted molar refractivity (Wildman–Crippen MR) is 92.2 cm³/mol. The van der Waals surface area contributed by atoms with E-state index >= 15 is 0 Å². The van der Waals surface area contributed by atoms with E-state index in [0.717, 1.165) is 29.9 Å². The summed E-state index contributed by atoms with van der Waals surface area (Å²) < 4.78 is 25.4. The fourth-order valence-electron chi connectivity index (χ4n) is 3.83. The molecule has 23 heavy (non-hydrogen) atoms. The number of hydrogen-bond acceptors (Lipinski definition) is 4. The molecule has 0 unspecified atom stereocenters. The summed E-state index contributed by atoms with van der Waals surface area (Å²) in [7, 11) is -3.26. The quantitative estimate of drug-likeness (QED) is 0.911. The molecule has 1 fully saturated rings. The van der Waals surface area contributed by atoms with E-state index in [1.54, 1.807) is 0 Å². The zero-order valence-corrected chi connectivity index (χ0v) is 14.7. The molecule has 2 heterocycles. The largest absolute Gasteiger partial charge is 0.387 e. The van der Waals surface area contributed by atoms with E-state index < -0.39 is 16.1 Å². The normalized spacial score (nSPS) is 23.8. The van der Waals surface area contributed by atoms with Crippen molar-refractivity contribution >= 4 is 15.7 Å². The molecular weight excluding hydrogens is 312 g/mol. The Bertz CT molecular complexity index is 668. The Morgan fingerprint density at radius 3 is 2.61 bits per heavy atom.